The van der Waals surface area contributed by atoms with Crippen molar-refractivity contribution < 1.29 is 4.79 Å². The lowest BCUT2D eigenvalue weighted by atomic mass is 9.78. The standard InChI is InChI=1S/C24H34N4O/c1-3-20-5-4-6-22(18(20)2)28-13-11-27(12-14-28)10-7-19-15-21(16-19)26-23(29)24(17-25)8-9-24/h4-6,19,21H,3,7-16H2,1-2H3,(H,26,29)/t19-,21+. The molecule has 1 aliphatic heterocycles. The van der Waals surface area contributed by atoms with Crippen molar-refractivity contribution in [1.82, 2.24) is 10.2 Å². The quantitative estimate of drug-likeness (QED) is 0.771. The molecule has 0 bridgehead atoms. The van der Waals surface area contributed by atoms with E-state index in [0.29, 0.717) is 6.04 Å². The van der Waals surface area contributed by atoms with E-state index in [4.69, 9.17) is 5.26 Å². The molecule has 0 unspecified atom stereocenters. The summed E-state index contributed by atoms with van der Waals surface area (Å²) in [7, 11) is 0. The number of anilines is 1. The number of nitrogens with one attached hydrogen (secondary N) is 1. The maximum atomic E-state index is 12.1. The summed E-state index contributed by atoms with van der Waals surface area (Å²) in [6.07, 6.45) is 5.95. The molecular formula is C24H34N4O. The number of nitrogens with zero attached hydrogens (tertiary/aromatic N) is 3. The lowest BCUT2D eigenvalue weighted by Gasteiger charge is -2.40. The number of hydrogen-bond acceptors (Lipinski definition) is 4. The fourth-order valence-corrected chi connectivity index (χ4v) is 4.90. The van der Waals surface area contributed by atoms with E-state index in [1.807, 2.05) is 0 Å². The molecule has 1 aromatic rings. The highest BCUT2D eigenvalue weighted by Gasteiger charge is 2.51. The Labute approximate surface area is 175 Å². The van der Waals surface area contributed by atoms with Gasteiger partial charge in [-0.2, -0.15) is 5.26 Å². The third-order valence-corrected chi connectivity index (χ3v) is 7.33. The van der Waals surface area contributed by atoms with Crippen LogP contribution < -0.4 is 10.2 Å². The van der Waals surface area contributed by atoms with Crippen LogP contribution in [0.2, 0.25) is 0 Å². The van der Waals surface area contributed by atoms with Crippen LogP contribution in [0, 0.1) is 29.6 Å². The van der Waals surface area contributed by atoms with E-state index >= 15 is 0 Å². The third-order valence-electron chi connectivity index (χ3n) is 7.33. The van der Waals surface area contributed by atoms with Gasteiger partial charge in [-0.15, -0.1) is 0 Å². The maximum absolute atomic E-state index is 12.1. The van der Waals surface area contributed by atoms with Crippen LogP contribution in [-0.4, -0.2) is 49.6 Å². The van der Waals surface area contributed by atoms with Crippen LogP contribution in [0.1, 0.15) is 50.2 Å². The number of hydrogen-bond donors (Lipinski definition) is 1. The van der Waals surface area contributed by atoms with Crippen molar-refractivity contribution in [2.75, 3.05) is 37.6 Å². The molecule has 3 aliphatic rings. The van der Waals surface area contributed by atoms with Crippen molar-refractivity contribution in [3.05, 3.63) is 29.3 Å². The van der Waals surface area contributed by atoms with Crippen LogP contribution in [0.3, 0.4) is 0 Å². The van der Waals surface area contributed by atoms with E-state index in [2.05, 4.69) is 53.2 Å². The van der Waals surface area contributed by atoms with E-state index < -0.39 is 5.41 Å². The Morgan fingerprint density at radius 3 is 2.59 bits per heavy atom. The highest BCUT2D eigenvalue weighted by atomic mass is 16.2. The first-order chi connectivity index (χ1) is 14.0. The predicted molar refractivity (Wildman–Crippen MR) is 116 cm³/mol. The van der Waals surface area contributed by atoms with Crippen molar-refractivity contribution in [2.24, 2.45) is 11.3 Å². The summed E-state index contributed by atoms with van der Waals surface area (Å²) in [6.45, 7) is 10.1. The fourth-order valence-electron chi connectivity index (χ4n) is 4.90. The van der Waals surface area contributed by atoms with E-state index in [1.54, 1.807) is 0 Å². The minimum Gasteiger partial charge on any atom is -0.369 e. The van der Waals surface area contributed by atoms with Gasteiger partial charge in [-0.3, -0.25) is 9.69 Å². The number of aryl methyl sites for hydroxylation is 1. The molecule has 1 saturated heterocycles. The van der Waals surface area contributed by atoms with Crippen molar-refractivity contribution in [3.8, 4) is 6.07 Å². The lowest BCUT2D eigenvalue weighted by molar-refractivity contribution is -0.126. The van der Waals surface area contributed by atoms with E-state index in [-0.39, 0.29) is 5.91 Å². The number of amides is 1. The summed E-state index contributed by atoms with van der Waals surface area (Å²) in [5.41, 5.74) is 3.63. The number of carbonyl (C=O) groups excluding carboxylic acids is 1. The molecule has 5 nitrogen and oxygen atoms in total. The SMILES string of the molecule is CCc1cccc(N2CCN(CC[C@H]3C[C@@H](NC(=O)C4(C#N)CC4)C3)CC2)c1C. The molecule has 1 heterocycles. The first kappa shape index (κ1) is 20.2. The summed E-state index contributed by atoms with van der Waals surface area (Å²) in [5.74, 6) is 0.695. The summed E-state index contributed by atoms with van der Waals surface area (Å²) >= 11 is 0. The van der Waals surface area contributed by atoms with Gasteiger partial charge in [0.25, 0.3) is 0 Å². The summed E-state index contributed by atoms with van der Waals surface area (Å²) in [6, 6.07) is 9.19. The predicted octanol–water partition coefficient (Wildman–Crippen LogP) is 3.27. The summed E-state index contributed by atoms with van der Waals surface area (Å²) < 4.78 is 0. The molecule has 1 amide bonds. The van der Waals surface area contributed by atoms with Crippen LogP contribution in [0.4, 0.5) is 5.69 Å². The first-order valence-corrected chi connectivity index (χ1v) is 11.3. The van der Waals surface area contributed by atoms with Gasteiger partial charge in [0.2, 0.25) is 5.91 Å². The fraction of sp³-hybridized carbons (Fsp3) is 0.667. The molecule has 2 saturated carbocycles. The monoisotopic (exact) mass is 394 g/mol. The van der Waals surface area contributed by atoms with Gasteiger partial charge in [0, 0.05) is 37.9 Å². The lowest BCUT2D eigenvalue weighted by Crippen LogP contribution is -2.49. The number of rotatable bonds is 7. The molecular weight excluding hydrogens is 360 g/mol. The second-order valence-electron chi connectivity index (χ2n) is 9.23. The highest BCUT2D eigenvalue weighted by Crippen LogP contribution is 2.45. The maximum Gasteiger partial charge on any atom is 0.240 e. The zero-order valence-electron chi connectivity index (χ0n) is 17.9. The van der Waals surface area contributed by atoms with Crippen LogP contribution >= 0.6 is 0 Å². The van der Waals surface area contributed by atoms with Gasteiger partial charge >= 0.3 is 0 Å². The molecule has 1 aromatic carbocycles. The average molecular weight is 395 g/mol. The molecule has 1 N–H and O–H groups in total. The molecule has 4 rings (SSSR count). The molecule has 29 heavy (non-hydrogen) atoms. The smallest absolute Gasteiger partial charge is 0.240 e. The molecule has 0 atom stereocenters. The van der Waals surface area contributed by atoms with E-state index in [9.17, 15) is 4.79 Å². The Bertz CT molecular complexity index is 781. The van der Waals surface area contributed by atoms with Crippen LogP contribution in [0.15, 0.2) is 18.2 Å². The molecule has 156 valence electrons. The van der Waals surface area contributed by atoms with E-state index in [0.717, 1.165) is 70.7 Å². The molecule has 5 heteroatoms. The Hall–Kier alpha value is -2.06. The minimum absolute atomic E-state index is 0.0259. The van der Waals surface area contributed by atoms with Crippen LogP contribution in [0.5, 0.6) is 0 Å². The average Bonchev–Trinajstić information content (AvgIpc) is 3.51. The zero-order chi connectivity index (χ0) is 20.4. The second kappa shape index (κ2) is 8.36. The van der Waals surface area contributed by atoms with Gasteiger partial charge in [-0.05, 0) is 75.1 Å². The number of benzene rings is 1. The number of nitriles is 1. The van der Waals surface area contributed by atoms with Crippen LogP contribution in [-0.2, 0) is 11.2 Å². The number of piperazine rings is 1. The third kappa shape index (κ3) is 4.28. The van der Waals surface area contributed by atoms with Crippen molar-refractivity contribution in [2.45, 2.75) is 58.4 Å². The number of carbonyl (C=O) groups is 1. The normalized spacial score (nSPS) is 25.8. The molecule has 0 spiro atoms. The van der Waals surface area contributed by atoms with E-state index in [1.165, 1.54) is 23.2 Å². The Balaban J connectivity index is 1.16. The minimum atomic E-state index is -0.681. The molecule has 0 aromatic heterocycles. The van der Waals surface area contributed by atoms with Gasteiger partial charge in [-0.25, -0.2) is 0 Å². The van der Waals surface area contributed by atoms with Crippen molar-refractivity contribution in [3.63, 3.8) is 0 Å². The van der Waals surface area contributed by atoms with Gasteiger partial charge in [0.15, 0.2) is 0 Å². The van der Waals surface area contributed by atoms with Crippen molar-refractivity contribution in [1.29, 1.82) is 5.26 Å². The Kier molecular flexibility index (Phi) is 5.83. The molecule has 3 fully saturated rings. The van der Waals surface area contributed by atoms with Gasteiger partial charge in [0.1, 0.15) is 5.41 Å². The topological polar surface area (TPSA) is 59.4 Å². The van der Waals surface area contributed by atoms with Gasteiger partial charge in [-0.1, -0.05) is 19.1 Å². The first-order valence-electron chi connectivity index (χ1n) is 11.3. The van der Waals surface area contributed by atoms with Crippen LogP contribution in [0.25, 0.3) is 0 Å². The molecule has 0 radical (unpaired) electrons. The Morgan fingerprint density at radius 1 is 1.24 bits per heavy atom. The zero-order valence-corrected chi connectivity index (χ0v) is 17.9. The Morgan fingerprint density at radius 2 is 1.97 bits per heavy atom. The second-order valence-corrected chi connectivity index (χ2v) is 9.23. The van der Waals surface area contributed by atoms with Gasteiger partial charge in [0.05, 0.1) is 6.07 Å². The van der Waals surface area contributed by atoms with Crippen molar-refractivity contribution >= 4 is 11.6 Å². The molecule has 2 aliphatic carbocycles. The summed E-state index contributed by atoms with van der Waals surface area (Å²) in [4.78, 5) is 17.3. The summed E-state index contributed by atoms with van der Waals surface area (Å²) in [5, 5.41) is 12.2. The highest BCUT2D eigenvalue weighted by molar-refractivity contribution is 5.88. The largest absolute Gasteiger partial charge is 0.369 e. The van der Waals surface area contributed by atoms with Gasteiger partial charge < -0.3 is 10.2 Å².